The minimum absolute atomic E-state index is 0.259. The summed E-state index contributed by atoms with van der Waals surface area (Å²) in [7, 11) is -1.13. The molecule has 0 N–H and O–H groups in total. The van der Waals surface area contributed by atoms with Crippen LogP contribution in [0.2, 0.25) is 0 Å². The molecule has 0 aliphatic rings. The molecule has 0 saturated carbocycles. The van der Waals surface area contributed by atoms with E-state index in [1.165, 1.54) is 0 Å². The van der Waals surface area contributed by atoms with Gasteiger partial charge in [-0.05, 0) is 40.2 Å². The maximum atomic E-state index is 11.4. The molecule has 0 aromatic carbocycles. The van der Waals surface area contributed by atoms with Gasteiger partial charge in [-0.15, -0.1) is 0 Å². The molecule has 0 spiro atoms. The first-order chi connectivity index (χ1) is 5.38. The van der Waals surface area contributed by atoms with Crippen LogP contribution in [0.3, 0.4) is 0 Å². The van der Waals surface area contributed by atoms with Crippen LogP contribution >= 0.6 is 0 Å². The fraction of sp³-hybridized carbons (Fsp3) is 0.667. The summed E-state index contributed by atoms with van der Waals surface area (Å²) < 4.78 is 15.1. The lowest BCUT2D eigenvalue weighted by Crippen LogP contribution is -2.19. The topological polar surface area (TPSA) is 29.4 Å². The standard InChI is InChI=1S/C9H17NOS/c1-6-8(2)7-10-12(11)9(3,4)5/h6-7H,1-5H3/b8-6+,10-7+/t12-/m0/s1. The van der Waals surface area contributed by atoms with Crippen LogP contribution < -0.4 is 0 Å². The number of rotatable bonds is 2. The average molecular weight is 187 g/mol. The van der Waals surface area contributed by atoms with Gasteiger partial charge in [0.25, 0.3) is 0 Å². The van der Waals surface area contributed by atoms with E-state index in [2.05, 4.69) is 4.40 Å². The molecule has 0 unspecified atom stereocenters. The van der Waals surface area contributed by atoms with Crippen molar-refractivity contribution in [3.05, 3.63) is 11.6 Å². The first kappa shape index (κ1) is 11.6. The molecule has 0 saturated heterocycles. The van der Waals surface area contributed by atoms with Gasteiger partial charge in [-0.3, -0.25) is 0 Å². The van der Waals surface area contributed by atoms with E-state index in [-0.39, 0.29) is 4.75 Å². The van der Waals surface area contributed by atoms with Crippen LogP contribution in [0.1, 0.15) is 34.6 Å². The Morgan fingerprint density at radius 1 is 1.42 bits per heavy atom. The van der Waals surface area contributed by atoms with Gasteiger partial charge in [0.15, 0.2) is 0 Å². The van der Waals surface area contributed by atoms with Gasteiger partial charge in [0.1, 0.15) is 11.0 Å². The van der Waals surface area contributed by atoms with Crippen LogP contribution in [0, 0.1) is 0 Å². The van der Waals surface area contributed by atoms with Crippen molar-refractivity contribution in [3.63, 3.8) is 0 Å². The van der Waals surface area contributed by atoms with Crippen molar-refractivity contribution < 1.29 is 4.21 Å². The third kappa shape index (κ3) is 4.44. The van der Waals surface area contributed by atoms with Gasteiger partial charge in [-0.2, -0.15) is 4.40 Å². The highest BCUT2D eigenvalue weighted by atomic mass is 32.2. The first-order valence-corrected chi connectivity index (χ1v) is 5.07. The fourth-order valence-corrected chi connectivity index (χ4v) is 0.942. The lowest BCUT2D eigenvalue weighted by Gasteiger charge is -2.12. The lowest BCUT2D eigenvalue weighted by molar-refractivity contribution is 0.651. The fourth-order valence-electron chi connectivity index (χ4n) is 0.364. The first-order valence-electron chi connectivity index (χ1n) is 3.97. The second-order valence-corrected chi connectivity index (χ2v) is 5.56. The Hall–Kier alpha value is -0.440. The Bertz CT molecular complexity index is 223. The predicted octanol–water partition coefficient (Wildman–Crippen LogP) is 2.49. The summed E-state index contributed by atoms with van der Waals surface area (Å²) >= 11 is 0. The minimum Gasteiger partial charge on any atom is -0.234 e. The summed E-state index contributed by atoms with van der Waals surface area (Å²) in [6.45, 7) is 9.59. The molecule has 1 atom stereocenters. The average Bonchev–Trinajstić information content (AvgIpc) is 1.97. The van der Waals surface area contributed by atoms with E-state index in [0.29, 0.717) is 0 Å². The Kier molecular flexibility index (Phi) is 4.39. The number of hydrogen-bond donors (Lipinski definition) is 0. The lowest BCUT2D eigenvalue weighted by atomic mass is 10.3. The quantitative estimate of drug-likeness (QED) is 0.611. The zero-order chi connectivity index (χ0) is 9.78. The monoisotopic (exact) mass is 187 g/mol. The summed E-state index contributed by atoms with van der Waals surface area (Å²) in [6.07, 6.45) is 3.59. The largest absolute Gasteiger partial charge is 0.234 e. The molecular formula is C9H17NOS. The SMILES string of the molecule is C/C=C(C)/C=N/[S@@](=O)C(C)(C)C. The summed E-state index contributed by atoms with van der Waals surface area (Å²) in [5.41, 5.74) is 1.03. The van der Waals surface area contributed by atoms with Crippen molar-refractivity contribution >= 4 is 17.2 Å². The highest BCUT2D eigenvalue weighted by molar-refractivity contribution is 7.85. The van der Waals surface area contributed by atoms with E-state index in [9.17, 15) is 4.21 Å². The summed E-state index contributed by atoms with van der Waals surface area (Å²) in [6, 6.07) is 0. The summed E-state index contributed by atoms with van der Waals surface area (Å²) in [5, 5.41) is 0. The molecule has 0 amide bonds. The van der Waals surface area contributed by atoms with Gasteiger partial charge in [0.05, 0.1) is 4.75 Å². The van der Waals surface area contributed by atoms with Crippen LogP contribution in [0.15, 0.2) is 16.0 Å². The zero-order valence-electron chi connectivity index (χ0n) is 8.42. The minimum atomic E-state index is -1.13. The van der Waals surface area contributed by atoms with Crippen molar-refractivity contribution in [2.24, 2.45) is 4.40 Å². The number of hydrogen-bond acceptors (Lipinski definition) is 1. The normalized spacial score (nSPS) is 16.9. The van der Waals surface area contributed by atoms with Gasteiger partial charge in [0, 0.05) is 6.21 Å². The van der Waals surface area contributed by atoms with E-state index in [4.69, 9.17) is 0 Å². The van der Waals surface area contributed by atoms with Gasteiger partial charge in [0.2, 0.25) is 0 Å². The molecule has 0 heterocycles. The molecule has 0 aliphatic heterocycles. The molecule has 0 aromatic rings. The van der Waals surface area contributed by atoms with Gasteiger partial charge in [-0.1, -0.05) is 6.08 Å². The third-order valence-corrected chi connectivity index (χ3v) is 2.68. The van der Waals surface area contributed by atoms with E-state index in [0.717, 1.165) is 5.57 Å². The van der Waals surface area contributed by atoms with Crippen molar-refractivity contribution in [2.75, 3.05) is 0 Å². The Labute approximate surface area is 77.4 Å². The molecular weight excluding hydrogens is 170 g/mol. The highest BCUT2D eigenvalue weighted by Gasteiger charge is 2.17. The molecule has 12 heavy (non-hydrogen) atoms. The Balaban J connectivity index is 4.29. The summed E-state index contributed by atoms with van der Waals surface area (Å²) in [4.78, 5) is 0. The molecule has 0 fully saturated rings. The third-order valence-electron chi connectivity index (χ3n) is 1.33. The van der Waals surface area contributed by atoms with Crippen LogP contribution in [0.5, 0.6) is 0 Å². The predicted molar refractivity (Wildman–Crippen MR) is 55.8 cm³/mol. The van der Waals surface area contributed by atoms with E-state index in [1.807, 2.05) is 40.7 Å². The maximum absolute atomic E-state index is 11.4. The molecule has 3 heteroatoms. The second-order valence-electron chi connectivity index (χ2n) is 3.63. The van der Waals surface area contributed by atoms with Crippen molar-refractivity contribution in [1.29, 1.82) is 0 Å². The maximum Gasteiger partial charge on any atom is 0.144 e. The van der Waals surface area contributed by atoms with Crippen molar-refractivity contribution in [2.45, 2.75) is 39.4 Å². The highest BCUT2D eigenvalue weighted by Crippen LogP contribution is 2.11. The molecule has 0 radical (unpaired) electrons. The van der Waals surface area contributed by atoms with Crippen LogP contribution in [-0.4, -0.2) is 15.2 Å². The molecule has 0 aliphatic carbocycles. The summed E-state index contributed by atoms with van der Waals surface area (Å²) in [5.74, 6) is 0. The number of allylic oxidation sites excluding steroid dienone is 2. The molecule has 70 valence electrons. The second kappa shape index (κ2) is 4.55. The van der Waals surface area contributed by atoms with Gasteiger partial charge >= 0.3 is 0 Å². The van der Waals surface area contributed by atoms with Crippen molar-refractivity contribution in [1.82, 2.24) is 0 Å². The van der Waals surface area contributed by atoms with E-state index in [1.54, 1.807) is 6.21 Å². The molecule has 0 aromatic heterocycles. The van der Waals surface area contributed by atoms with Gasteiger partial charge in [-0.25, -0.2) is 4.21 Å². The van der Waals surface area contributed by atoms with Crippen LogP contribution in [-0.2, 0) is 11.0 Å². The Morgan fingerprint density at radius 3 is 2.25 bits per heavy atom. The van der Waals surface area contributed by atoms with Gasteiger partial charge < -0.3 is 0 Å². The zero-order valence-corrected chi connectivity index (χ0v) is 9.23. The van der Waals surface area contributed by atoms with E-state index < -0.39 is 11.0 Å². The smallest absolute Gasteiger partial charge is 0.144 e. The van der Waals surface area contributed by atoms with Crippen LogP contribution in [0.4, 0.5) is 0 Å². The van der Waals surface area contributed by atoms with E-state index >= 15 is 0 Å². The number of nitrogens with zero attached hydrogens (tertiary/aromatic N) is 1. The van der Waals surface area contributed by atoms with Crippen LogP contribution in [0.25, 0.3) is 0 Å². The molecule has 0 bridgehead atoms. The molecule has 2 nitrogen and oxygen atoms in total. The molecule has 0 rings (SSSR count). The Morgan fingerprint density at radius 2 is 1.92 bits per heavy atom. The van der Waals surface area contributed by atoms with Crippen molar-refractivity contribution in [3.8, 4) is 0 Å².